The summed E-state index contributed by atoms with van der Waals surface area (Å²) in [4.78, 5) is 17.1. The predicted octanol–water partition coefficient (Wildman–Crippen LogP) is 3.36. The summed E-state index contributed by atoms with van der Waals surface area (Å²) in [5, 5.41) is 9.29. The van der Waals surface area contributed by atoms with E-state index in [-0.39, 0.29) is 10.8 Å². The van der Waals surface area contributed by atoms with E-state index >= 15 is 0 Å². The summed E-state index contributed by atoms with van der Waals surface area (Å²) in [6, 6.07) is 6.30. The fourth-order valence-corrected chi connectivity index (χ4v) is 5.67. The predicted molar refractivity (Wildman–Crippen MR) is 116 cm³/mol. The molecule has 0 unspecified atom stereocenters. The molecule has 8 nitrogen and oxygen atoms in total. The van der Waals surface area contributed by atoms with E-state index in [9.17, 15) is 13.2 Å². The molecule has 1 N–H and O–H groups in total. The first-order valence-electron chi connectivity index (χ1n) is 9.79. The topological polar surface area (TPSA) is 97.2 Å². The van der Waals surface area contributed by atoms with Gasteiger partial charge in [-0.1, -0.05) is 12.8 Å². The van der Waals surface area contributed by atoms with Gasteiger partial charge >= 0.3 is 0 Å². The first-order chi connectivity index (χ1) is 14.4. The van der Waals surface area contributed by atoms with Crippen molar-refractivity contribution < 1.29 is 13.2 Å². The molecule has 1 aliphatic heterocycles. The van der Waals surface area contributed by atoms with Gasteiger partial charge < -0.3 is 5.32 Å². The highest BCUT2D eigenvalue weighted by Gasteiger charge is 2.25. The van der Waals surface area contributed by atoms with E-state index in [4.69, 9.17) is 0 Å². The molecule has 2 aromatic heterocycles. The van der Waals surface area contributed by atoms with Gasteiger partial charge in [0.25, 0.3) is 5.91 Å². The monoisotopic (exact) mass is 445 g/mol. The number of benzene rings is 1. The Kier molecular flexibility index (Phi) is 5.98. The number of hydrogen-bond acceptors (Lipinski definition) is 6. The van der Waals surface area contributed by atoms with E-state index < -0.39 is 10.0 Å². The number of hydrogen-bond donors (Lipinski definition) is 1. The minimum Gasteiger partial charge on any atom is -0.321 e. The molecule has 30 heavy (non-hydrogen) atoms. The highest BCUT2D eigenvalue weighted by Crippen LogP contribution is 2.24. The van der Waals surface area contributed by atoms with Gasteiger partial charge in [0.2, 0.25) is 10.0 Å². The zero-order valence-electron chi connectivity index (χ0n) is 16.6. The molecule has 4 rings (SSSR count). The van der Waals surface area contributed by atoms with Crippen molar-refractivity contribution >= 4 is 33.0 Å². The van der Waals surface area contributed by atoms with Crippen molar-refractivity contribution in [3.8, 4) is 10.6 Å². The lowest BCUT2D eigenvalue weighted by Crippen LogP contribution is -2.31. The maximum Gasteiger partial charge on any atom is 0.275 e. The van der Waals surface area contributed by atoms with Crippen molar-refractivity contribution in [1.82, 2.24) is 19.1 Å². The summed E-state index contributed by atoms with van der Waals surface area (Å²) < 4.78 is 29.0. The second-order valence-electron chi connectivity index (χ2n) is 7.24. The van der Waals surface area contributed by atoms with Crippen molar-refractivity contribution in [2.75, 3.05) is 18.4 Å². The number of nitrogens with one attached hydrogen (secondary N) is 1. The smallest absolute Gasteiger partial charge is 0.275 e. The van der Waals surface area contributed by atoms with E-state index in [0.29, 0.717) is 29.5 Å². The summed E-state index contributed by atoms with van der Waals surface area (Å²) >= 11 is 1.37. The number of sulfonamides is 1. The zero-order valence-corrected chi connectivity index (χ0v) is 18.2. The van der Waals surface area contributed by atoms with Crippen molar-refractivity contribution in [1.29, 1.82) is 0 Å². The van der Waals surface area contributed by atoms with Crippen LogP contribution in [0, 0.1) is 0 Å². The van der Waals surface area contributed by atoms with Gasteiger partial charge in [-0.2, -0.15) is 9.40 Å². The molecular formula is C20H23N5O3S2. The van der Waals surface area contributed by atoms with Crippen LogP contribution in [-0.2, 0) is 17.1 Å². The lowest BCUT2D eigenvalue weighted by atomic mass is 10.2. The Morgan fingerprint density at radius 3 is 2.43 bits per heavy atom. The molecule has 0 aliphatic carbocycles. The number of anilines is 1. The van der Waals surface area contributed by atoms with Crippen molar-refractivity contribution in [2.24, 2.45) is 7.05 Å². The van der Waals surface area contributed by atoms with Crippen LogP contribution in [0.25, 0.3) is 10.6 Å². The second kappa shape index (κ2) is 8.66. The third-order valence-electron chi connectivity index (χ3n) is 5.00. The number of thiazole rings is 1. The maximum absolute atomic E-state index is 12.9. The van der Waals surface area contributed by atoms with Crippen LogP contribution in [0.2, 0.25) is 0 Å². The van der Waals surface area contributed by atoms with Gasteiger partial charge in [0.05, 0.1) is 11.1 Å². The maximum atomic E-state index is 12.9. The summed E-state index contributed by atoms with van der Waals surface area (Å²) in [5.74, 6) is -0.343. The molecule has 0 atom stereocenters. The zero-order chi connectivity index (χ0) is 21.1. The molecule has 158 valence electrons. The van der Waals surface area contributed by atoms with Crippen LogP contribution in [0.1, 0.15) is 36.2 Å². The number of aryl methyl sites for hydroxylation is 1. The molecule has 1 amide bonds. The summed E-state index contributed by atoms with van der Waals surface area (Å²) in [6.45, 7) is 1.12. The Bertz CT molecular complexity index is 1130. The van der Waals surface area contributed by atoms with Crippen LogP contribution in [0.15, 0.2) is 46.9 Å². The molecule has 0 spiro atoms. The molecular weight excluding hydrogens is 422 g/mol. The Labute approximate surface area is 179 Å². The summed E-state index contributed by atoms with van der Waals surface area (Å²) in [6.07, 6.45) is 7.45. The minimum atomic E-state index is -3.51. The second-order valence-corrected chi connectivity index (χ2v) is 10.0. The molecule has 3 heterocycles. The number of carbonyl (C=O) groups is 1. The van der Waals surface area contributed by atoms with E-state index in [0.717, 1.165) is 31.2 Å². The molecule has 1 fully saturated rings. The highest BCUT2D eigenvalue weighted by molar-refractivity contribution is 7.89. The molecule has 1 aliphatic rings. The van der Waals surface area contributed by atoms with Gasteiger partial charge in [-0.15, -0.1) is 11.3 Å². The van der Waals surface area contributed by atoms with Gasteiger partial charge in [-0.3, -0.25) is 9.48 Å². The first-order valence-corrected chi connectivity index (χ1v) is 12.1. The number of amides is 1. The average Bonchev–Trinajstić information content (AvgIpc) is 3.30. The van der Waals surface area contributed by atoms with E-state index in [1.807, 2.05) is 13.2 Å². The van der Waals surface area contributed by atoms with Crippen LogP contribution in [0.3, 0.4) is 0 Å². The van der Waals surface area contributed by atoms with E-state index in [1.54, 1.807) is 32.7 Å². The molecule has 0 radical (unpaired) electrons. The standard InChI is InChI=1S/C20H23N5O3S2/c1-24-13-15(12-21-24)20-23-18(14-29-20)19(26)22-16-6-8-17(9-7-16)30(27,28)25-10-4-2-3-5-11-25/h6-9,12-14H,2-5,10-11H2,1H3,(H,22,26). The highest BCUT2D eigenvalue weighted by atomic mass is 32.2. The number of nitrogens with zero attached hydrogens (tertiary/aromatic N) is 4. The van der Waals surface area contributed by atoms with Crippen LogP contribution in [0.4, 0.5) is 5.69 Å². The van der Waals surface area contributed by atoms with E-state index in [1.165, 1.54) is 23.5 Å². The molecule has 1 saturated heterocycles. The van der Waals surface area contributed by atoms with Gasteiger partial charge in [0.1, 0.15) is 10.7 Å². The molecule has 10 heteroatoms. The lowest BCUT2D eigenvalue weighted by Gasteiger charge is -2.20. The first kappa shape index (κ1) is 20.7. The minimum absolute atomic E-state index is 0.245. The molecule has 1 aromatic carbocycles. The quantitative estimate of drug-likeness (QED) is 0.649. The Balaban J connectivity index is 1.44. The number of aromatic nitrogens is 3. The molecule has 0 bridgehead atoms. The van der Waals surface area contributed by atoms with Crippen molar-refractivity contribution in [3.63, 3.8) is 0 Å². The fraction of sp³-hybridized carbons (Fsp3) is 0.350. The van der Waals surface area contributed by atoms with Gasteiger partial charge in [-0.05, 0) is 37.1 Å². The largest absolute Gasteiger partial charge is 0.321 e. The van der Waals surface area contributed by atoms with Crippen LogP contribution in [0.5, 0.6) is 0 Å². The van der Waals surface area contributed by atoms with Crippen molar-refractivity contribution in [3.05, 3.63) is 47.7 Å². The molecule has 3 aromatic rings. The SMILES string of the molecule is Cn1cc(-c2nc(C(=O)Nc3ccc(S(=O)(=O)N4CCCCCC4)cc3)cs2)cn1. The van der Waals surface area contributed by atoms with Crippen LogP contribution >= 0.6 is 11.3 Å². The van der Waals surface area contributed by atoms with Gasteiger partial charge in [0.15, 0.2) is 0 Å². The van der Waals surface area contributed by atoms with Gasteiger partial charge in [-0.25, -0.2) is 13.4 Å². The normalized spacial score (nSPS) is 15.6. The van der Waals surface area contributed by atoms with Crippen LogP contribution < -0.4 is 5.32 Å². The number of carbonyl (C=O) groups excluding carboxylic acids is 1. The lowest BCUT2D eigenvalue weighted by molar-refractivity contribution is 0.102. The Morgan fingerprint density at radius 1 is 1.10 bits per heavy atom. The summed E-state index contributed by atoms with van der Waals surface area (Å²) in [5.41, 5.74) is 1.68. The van der Waals surface area contributed by atoms with Crippen molar-refractivity contribution in [2.45, 2.75) is 30.6 Å². The average molecular weight is 446 g/mol. The third kappa shape index (κ3) is 4.45. The van der Waals surface area contributed by atoms with E-state index in [2.05, 4.69) is 15.4 Å². The number of rotatable bonds is 5. The fourth-order valence-electron chi connectivity index (χ4n) is 3.38. The van der Waals surface area contributed by atoms with Gasteiger partial charge in [0, 0.05) is 43.0 Å². The summed E-state index contributed by atoms with van der Waals surface area (Å²) in [7, 11) is -1.69. The molecule has 0 saturated carbocycles. The Hall–Kier alpha value is -2.56. The Morgan fingerprint density at radius 2 is 1.80 bits per heavy atom. The van der Waals surface area contributed by atoms with Crippen LogP contribution in [-0.4, -0.2) is 46.5 Å². The third-order valence-corrected chi connectivity index (χ3v) is 7.81.